The van der Waals surface area contributed by atoms with E-state index >= 15 is 0 Å². The van der Waals surface area contributed by atoms with Crippen LogP contribution in [0.4, 0.5) is 0 Å². The average molecular weight is 497 g/mol. The molecule has 1 aromatic heterocycles. The summed E-state index contributed by atoms with van der Waals surface area (Å²) in [5.41, 5.74) is 1.61. The molecule has 0 amide bonds. The highest BCUT2D eigenvalue weighted by Gasteiger charge is 2.18. The van der Waals surface area contributed by atoms with E-state index in [4.69, 9.17) is 21.3 Å². The van der Waals surface area contributed by atoms with Crippen molar-refractivity contribution < 1.29 is 4.74 Å². The van der Waals surface area contributed by atoms with Crippen LogP contribution in [0.1, 0.15) is 114 Å². The van der Waals surface area contributed by atoms with E-state index < -0.39 is 0 Å². The number of rotatable bonds is 11. The number of allylic oxidation sites excluding steroid dienone is 4. The second-order valence-corrected chi connectivity index (χ2v) is 10.5. The second-order valence-electron chi connectivity index (χ2n) is 9.73. The van der Waals surface area contributed by atoms with Gasteiger partial charge in [0.05, 0.1) is 24.4 Å². The molecule has 1 rings (SSSR count). The van der Waals surface area contributed by atoms with Crippen LogP contribution in [0.5, 0.6) is 0 Å². The molecule has 0 aromatic carbocycles. The van der Waals surface area contributed by atoms with Crippen LogP contribution >= 0.6 is 11.6 Å². The van der Waals surface area contributed by atoms with Crippen LogP contribution in [0, 0.1) is 5.41 Å². The molecule has 5 heteroatoms. The van der Waals surface area contributed by atoms with Gasteiger partial charge in [-0.15, -0.1) is 11.6 Å². The Hall–Kier alpha value is -1.39. The van der Waals surface area contributed by atoms with Crippen LogP contribution < -0.4 is 5.56 Å². The number of hydrogen-bond acceptors (Lipinski definition) is 3. The number of aryl methyl sites for hydroxylation is 1. The molecule has 1 atom stereocenters. The Morgan fingerprint density at radius 2 is 1.76 bits per heavy atom. The lowest BCUT2D eigenvalue weighted by Gasteiger charge is -2.24. The molecule has 0 spiro atoms. The molecule has 0 N–H and O–H groups in total. The molecule has 1 aromatic rings. The Morgan fingerprint density at radius 1 is 1.18 bits per heavy atom. The molecule has 34 heavy (non-hydrogen) atoms. The molecule has 0 aliphatic carbocycles. The van der Waals surface area contributed by atoms with Crippen molar-refractivity contribution in [2.45, 2.75) is 126 Å². The van der Waals surface area contributed by atoms with Crippen molar-refractivity contribution in [3.8, 4) is 0 Å². The van der Waals surface area contributed by atoms with E-state index in [-0.39, 0.29) is 22.0 Å². The van der Waals surface area contributed by atoms with E-state index in [9.17, 15) is 4.79 Å². The number of halogens is 1. The zero-order valence-electron chi connectivity index (χ0n) is 24.2. The highest BCUT2D eigenvalue weighted by Crippen LogP contribution is 2.22. The third kappa shape index (κ3) is 14.8. The maximum Gasteiger partial charge on any atom is 0.254 e. The zero-order valence-corrected chi connectivity index (χ0v) is 25.0. The summed E-state index contributed by atoms with van der Waals surface area (Å²) in [6.07, 6.45) is 9.44. The Balaban J connectivity index is 0. The first-order valence-electron chi connectivity index (χ1n) is 13.1. The lowest BCUT2D eigenvalue weighted by molar-refractivity contribution is -0.0242. The Kier molecular flexibility index (Phi) is 18.4. The minimum atomic E-state index is -0.189. The fraction of sp³-hybridized carbons (Fsp3) is 0.724. The summed E-state index contributed by atoms with van der Waals surface area (Å²) >= 11 is 6.04. The van der Waals surface area contributed by atoms with Crippen molar-refractivity contribution >= 4 is 17.2 Å². The topological polar surface area (TPSA) is 44.1 Å². The third-order valence-electron chi connectivity index (χ3n) is 5.21. The number of ether oxygens (including phenoxy) is 1. The van der Waals surface area contributed by atoms with Gasteiger partial charge in [-0.1, -0.05) is 73.6 Å². The van der Waals surface area contributed by atoms with Gasteiger partial charge >= 0.3 is 0 Å². The van der Waals surface area contributed by atoms with Crippen LogP contribution in [0.15, 0.2) is 29.1 Å². The van der Waals surface area contributed by atoms with Gasteiger partial charge in [0.15, 0.2) is 0 Å². The van der Waals surface area contributed by atoms with Gasteiger partial charge in [-0.05, 0) is 57.9 Å². The van der Waals surface area contributed by atoms with Gasteiger partial charge in [-0.3, -0.25) is 9.36 Å². The molecular formula is C29H53ClN2O2. The van der Waals surface area contributed by atoms with Crippen molar-refractivity contribution in [1.82, 2.24) is 9.55 Å². The summed E-state index contributed by atoms with van der Waals surface area (Å²) in [5.74, 6) is 0.823. The molecule has 1 unspecified atom stereocenters. The standard InChI is InChI=1S/C25H41ClN2O2.2C2H6/c1-9-20(13-11-12-19(3)26)21-18-23(29)28(16-17-30-25(7,8)10-2)22(27-21)14-15-24(4,5)6;2*1-2/h9,11,13,18-19H,10,12,14-17H2,1-8H3;2*1-2H3/b13-11?,20-9+;;. The highest BCUT2D eigenvalue weighted by molar-refractivity contribution is 6.20. The molecular weight excluding hydrogens is 444 g/mol. The summed E-state index contributed by atoms with van der Waals surface area (Å²) in [6, 6.07) is 1.63. The Labute approximate surface area is 215 Å². The number of nitrogens with zero attached hydrogens (tertiary/aromatic N) is 2. The fourth-order valence-electron chi connectivity index (χ4n) is 2.85. The maximum absolute atomic E-state index is 13.0. The largest absolute Gasteiger partial charge is 0.374 e. The normalized spacial score (nSPS) is 13.1. The van der Waals surface area contributed by atoms with Crippen LogP contribution in [0.25, 0.3) is 5.57 Å². The van der Waals surface area contributed by atoms with Gasteiger partial charge in [0.1, 0.15) is 5.82 Å². The average Bonchev–Trinajstić information content (AvgIpc) is 2.78. The summed E-state index contributed by atoms with van der Waals surface area (Å²) in [7, 11) is 0. The van der Waals surface area contributed by atoms with Crippen LogP contribution in [-0.4, -0.2) is 27.1 Å². The first-order chi connectivity index (χ1) is 15.9. The maximum atomic E-state index is 13.0. The summed E-state index contributed by atoms with van der Waals surface area (Å²) < 4.78 is 7.77. The van der Waals surface area contributed by atoms with Gasteiger partial charge in [-0.2, -0.15) is 0 Å². The molecule has 1 heterocycles. The molecule has 4 nitrogen and oxygen atoms in total. The van der Waals surface area contributed by atoms with Crippen LogP contribution in [0.2, 0.25) is 0 Å². The molecule has 0 aliphatic rings. The highest BCUT2D eigenvalue weighted by atomic mass is 35.5. The number of alkyl halides is 1. The van der Waals surface area contributed by atoms with Gasteiger partial charge in [0.25, 0.3) is 5.56 Å². The lowest BCUT2D eigenvalue weighted by Crippen LogP contribution is -2.31. The van der Waals surface area contributed by atoms with Crippen LogP contribution in [-0.2, 0) is 17.7 Å². The van der Waals surface area contributed by atoms with E-state index in [2.05, 4.69) is 41.5 Å². The molecule has 0 saturated heterocycles. The Morgan fingerprint density at radius 3 is 2.24 bits per heavy atom. The summed E-state index contributed by atoms with van der Waals surface area (Å²) in [5, 5.41) is 0.0787. The third-order valence-corrected chi connectivity index (χ3v) is 5.39. The van der Waals surface area contributed by atoms with Crippen molar-refractivity contribution in [1.29, 1.82) is 0 Å². The Bertz CT molecular complexity index is 784. The minimum absolute atomic E-state index is 0.0275. The second kappa shape index (κ2) is 18.0. The number of hydrogen-bond donors (Lipinski definition) is 0. The van der Waals surface area contributed by atoms with E-state index in [1.165, 1.54) is 0 Å². The van der Waals surface area contributed by atoms with Gasteiger partial charge in [-0.25, -0.2) is 4.98 Å². The smallest absolute Gasteiger partial charge is 0.254 e. The molecule has 0 aliphatic heterocycles. The lowest BCUT2D eigenvalue weighted by atomic mass is 9.90. The van der Waals surface area contributed by atoms with Crippen molar-refractivity contribution in [2.75, 3.05) is 6.61 Å². The quantitative estimate of drug-likeness (QED) is 0.228. The van der Waals surface area contributed by atoms with Crippen molar-refractivity contribution in [2.24, 2.45) is 5.41 Å². The van der Waals surface area contributed by atoms with Gasteiger partial charge in [0.2, 0.25) is 0 Å². The van der Waals surface area contributed by atoms with Crippen LogP contribution in [0.3, 0.4) is 0 Å². The predicted molar refractivity (Wildman–Crippen MR) is 152 cm³/mol. The van der Waals surface area contributed by atoms with Crippen molar-refractivity contribution in [3.63, 3.8) is 0 Å². The molecule has 0 bridgehead atoms. The monoisotopic (exact) mass is 496 g/mol. The molecule has 0 saturated carbocycles. The van der Waals surface area contributed by atoms with E-state index in [0.29, 0.717) is 13.2 Å². The molecule has 0 radical (unpaired) electrons. The first kappa shape index (κ1) is 34.8. The minimum Gasteiger partial charge on any atom is -0.374 e. The van der Waals surface area contributed by atoms with Crippen molar-refractivity contribution in [3.05, 3.63) is 46.2 Å². The summed E-state index contributed by atoms with van der Waals surface area (Å²) in [6.45, 7) is 25.8. The zero-order chi connectivity index (χ0) is 26.9. The SMILES string of the molecule is C/C=C(\C=CCC(C)Cl)c1cc(=O)n(CCOC(C)(C)CC)c(CCC(C)(C)C)n1.CC.CC. The predicted octanol–water partition coefficient (Wildman–Crippen LogP) is 8.46. The molecule has 0 fully saturated rings. The van der Waals surface area contributed by atoms with Gasteiger partial charge < -0.3 is 4.74 Å². The summed E-state index contributed by atoms with van der Waals surface area (Å²) in [4.78, 5) is 17.9. The molecule has 198 valence electrons. The first-order valence-corrected chi connectivity index (χ1v) is 13.5. The van der Waals surface area contributed by atoms with E-state index in [0.717, 1.165) is 42.8 Å². The van der Waals surface area contributed by atoms with Gasteiger partial charge in [0, 0.05) is 17.9 Å². The van der Waals surface area contributed by atoms with E-state index in [1.54, 1.807) is 10.6 Å². The number of aromatic nitrogens is 2. The van der Waals surface area contributed by atoms with E-state index in [1.807, 2.05) is 59.8 Å². The fourth-order valence-corrected chi connectivity index (χ4v) is 2.95.